The average Bonchev–Trinajstić information content (AvgIpc) is 2.47. The first-order valence-corrected chi connectivity index (χ1v) is 7.68. The second-order valence-electron chi connectivity index (χ2n) is 5.49. The SMILES string of the molecule is CCOc1cc(CCCN=C(N(C)C)N(C)C)ccc1OC. The molecule has 0 bridgehead atoms. The van der Waals surface area contributed by atoms with Crippen molar-refractivity contribution in [3.63, 3.8) is 0 Å². The van der Waals surface area contributed by atoms with Gasteiger partial charge in [0.25, 0.3) is 0 Å². The largest absolute Gasteiger partial charge is 0.493 e. The lowest BCUT2D eigenvalue weighted by Crippen LogP contribution is -2.35. The molecule has 0 saturated carbocycles. The van der Waals surface area contributed by atoms with E-state index in [-0.39, 0.29) is 0 Å². The lowest BCUT2D eigenvalue weighted by Gasteiger charge is -2.22. The number of methoxy groups -OCH3 is 1. The summed E-state index contributed by atoms with van der Waals surface area (Å²) in [7, 11) is 9.71. The summed E-state index contributed by atoms with van der Waals surface area (Å²) in [4.78, 5) is 8.70. The third-order valence-electron chi connectivity index (χ3n) is 3.20. The fourth-order valence-electron chi connectivity index (χ4n) is 2.29. The van der Waals surface area contributed by atoms with E-state index in [9.17, 15) is 0 Å². The molecule has 0 spiro atoms. The summed E-state index contributed by atoms with van der Waals surface area (Å²) in [5.41, 5.74) is 1.25. The molecule has 22 heavy (non-hydrogen) atoms. The quantitative estimate of drug-likeness (QED) is 0.441. The number of hydrogen-bond acceptors (Lipinski definition) is 3. The third-order valence-corrected chi connectivity index (χ3v) is 3.20. The predicted molar refractivity (Wildman–Crippen MR) is 92.2 cm³/mol. The molecule has 0 aliphatic carbocycles. The lowest BCUT2D eigenvalue weighted by molar-refractivity contribution is 0.310. The van der Waals surface area contributed by atoms with E-state index in [0.717, 1.165) is 36.8 Å². The van der Waals surface area contributed by atoms with Crippen molar-refractivity contribution in [1.82, 2.24) is 9.80 Å². The fraction of sp³-hybridized carbons (Fsp3) is 0.588. The Labute approximate surface area is 134 Å². The Hall–Kier alpha value is -1.91. The summed E-state index contributed by atoms with van der Waals surface area (Å²) in [5, 5.41) is 0. The minimum Gasteiger partial charge on any atom is -0.493 e. The monoisotopic (exact) mass is 307 g/mol. The maximum Gasteiger partial charge on any atom is 0.195 e. The summed E-state index contributed by atoms with van der Waals surface area (Å²) in [6.07, 6.45) is 1.98. The average molecular weight is 307 g/mol. The standard InChI is InChI=1S/C17H29N3O2/c1-7-22-16-13-14(10-11-15(16)21-6)9-8-12-18-17(19(2)3)20(4)5/h10-11,13H,7-9,12H2,1-6H3. The van der Waals surface area contributed by atoms with Gasteiger partial charge in [0.2, 0.25) is 0 Å². The number of rotatable bonds is 7. The molecule has 0 fully saturated rings. The minimum absolute atomic E-state index is 0.638. The summed E-state index contributed by atoms with van der Waals surface area (Å²) >= 11 is 0. The van der Waals surface area contributed by atoms with Gasteiger partial charge in [0.15, 0.2) is 17.5 Å². The van der Waals surface area contributed by atoms with E-state index >= 15 is 0 Å². The second-order valence-corrected chi connectivity index (χ2v) is 5.49. The molecule has 5 nitrogen and oxygen atoms in total. The van der Waals surface area contributed by atoms with Gasteiger partial charge >= 0.3 is 0 Å². The van der Waals surface area contributed by atoms with Crippen molar-refractivity contribution in [2.24, 2.45) is 4.99 Å². The molecule has 1 aromatic rings. The number of ether oxygens (including phenoxy) is 2. The molecule has 0 N–H and O–H groups in total. The number of benzene rings is 1. The summed E-state index contributed by atoms with van der Waals surface area (Å²) in [6, 6.07) is 6.11. The van der Waals surface area contributed by atoms with Gasteiger partial charge in [-0.15, -0.1) is 0 Å². The van der Waals surface area contributed by atoms with E-state index in [4.69, 9.17) is 9.47 Å². The topological polar surface area (TPSA) is 37.3 Å². The van der Waals surface area contributed by atoms with E-state index < -0.39 is 0 Å². The Bertz CT molecular complexity index is 475. The highest BCUT2D eigenvalue weighted by atomic mass is 16.5. The van der Waals surface area contributed by atoms with Gasteiger partial charge in [-0.05, 0) is 37.5 Å². The van der Waals surface area contributed by atoms with E-state index in [1.165, 1.54) is 5.56 Å². The van der Waals surface area contributed by atoms with Crippen LogP contribution in [0.2, 0.25) is 0 Å². The molecule has 0 atom stereocenters. The Balaban J connectivity index is 2.61. The maximum atomic E-state index is 5.61. The lowest BCUT2D eigenvalue weighted by atomic mass is 10.1. The van der Waals surface area contributed by atoms with E-state index in [2.05, 4.69) is 17.1 Å². The van der Waals surface area contributed by atoms with Crippen molar-refractivity contribution in [1.29, 1.82) is 0 Å². The van der Waals surface area contributed by atoms with Crippen LogP contribution in [-0.4, -0.2) is 64.2 Å². The first-order chi connectivity index (χ1) is 10.5. The minimum atomic E-state index is 0.638. The van der Waals surface area contributed by atoms with Gasteiger partial charge < -0.3 is 19.3 Å². The van der Waals surface area contributed by atoms with Gasteiger partial charge in [-0.25, -0.2) is 0 Å². The van der Waals surface area contributed by atoms with Crippen molar-refractivity contribution >= 4 is 5.96 Å². The zero-order chi connectivity index (χ0) is 16.5. The predicted octanol–water partition coefficient (Wildman–Crippen LogP) is 2.51. The van der Waals surface area contributed by atoms with Gasteiger partial charge in [0.1, 0.15) is 0 Å². The molecule has 1 aromatic carbocycles. The first kappa shape index (κ1) is 18.1. The summed E-state index contributed by atoms with van der Waals surface area (Å²) in [5.74, 6) is 2.59. The highest BCUT2D eigenvalue weighted by molar-refractivity contribution is 5.79. The Morgan fingerprint density at radius 2 is 1.77 bits per heavy atom. The molecule has 1 rings (SSSR count). The van der Waals surface area contributed by atoms with Crippen molar-refractivity contribution in [3.05, 3.63) is 23.8 Å². The fourth-order valence-corrected chi connectivity index (χ4v) is 2.29. The Kier molecular flexibility index (Phi) is 7.57. The maximum absolute atomic E-state index is 5.61. The van der Waals surface area contributed by atoms with Crippen molar-refractivity contribution in [2.45, 2.75) is 19.8 Å². The van der Waals surface area contributed by atoms with Gasteiger partial charge in [0, 0.05) is 34.7 Å². The molecular weight excluding hydrogens is 278 g/mol. The van der Waals surface area contributed by atoms with Crippen LogP contribution in [0.1, 0.15) is 18.9 Å². The van der Waals surface area contributed by atoms with Crippen LogP contribution in [0.4, 0.5) is 0 Å². The van der Waals surface area contributed by atoms with Crippen LogP contribution in [0.15, 0.2) is 23.2 Å². The zero-order valence-electron chi connectivity index (χ0n) is 14.7. The van der Waals surface area contributed by atoms with Crippen LogP contribution < -0.4 is 9.47 Å². The van der Waals surface area contributed by atoms with Gasteiger partial charge in [0.05, 0.1) is 13.7 Å². The molecule has 0 radical (unpaired) electrons. The second kappa shape index (κ2) is 9.18. The van der Waals surface area contributed by atoms with Gasteiger partial charge in [-0.2, -0.15) is 0 Å². The summed E-state index contributed by atoms with van der Waals surface area (Å²) < 4.78 is 10.9. The van der Waals surface area contributed by atoms with Gasteiger partial charge in [-0.1, -0.05) is 6.07 Å². The molecule has 0 heterocycles. The molecule has 0 saturated heterocycles. The number of aryl methyl sites for hydroxylation is 1. The summed E-state index contributed by atoms with van der Waals surface area (Å²) in [6.45, 7) is 3.42. The third kappa shape index (κ3) is 5.47. The molecule has 0 aliphatic heterocycles. The molecule has 5 heteroatoms. The molecule has 124 valence electrons. The Morgan fingerprint density at radius 1 is 1.09 bits per heavy atom. The smallest absolute Gasteiger partial charge is 0.195 e. The molecule has 0 aromatic heterocycles. The normalized spacial score (nSPS) is 10.1. The molecular formula is C17H29N3O2. The number of guanidine groups is 1. The molecule has 0 aliphatic rings. The van der Waals surface area contributed by atoms with Crippen molar-refractivity contribution < 1.29 is 9.47 Å². The first-order valence-electron chi connectivity index (χ1n) is 7.68. The van der Waals surface area contributed by atoms with Crippen molar-refractivity contribution in [3.8, 4) is 11.5 Å². The van der Waals surface area contributed by atoms with Crippen molar-refractivity contribution in [2.75, 3.05) is 48.5 Å². The highest BCUT2D eigenvalue weighted by Crippen LogP contribution is 2.28. The van der Waals surface area contributed by atoms with Crippen LogP contribution in [0.3, 0.4) is 0 Å². The van der Waals surface area contributed by atoms with E-state index in [0.29, 0.717) is 6.61 Å². The molecule has 0 amide bonds. The number of hydrogen-bond donors (Lipinski definition) is 0. The highest BCUT2D eigenvalue weighted by Gasteiger charge is 2.06. The zero-order valence-corrected chi connectivity index (χ0v) is 14.7. The van der Waals surface area contributed by atoms with Gasteiger partial charge in [-0.3, -0.25) is 4.99 Å². The van der Waals surface area contributed by atoms with Crippen LogP contribution in [0.5, 0.6) is 11.5 Å². The van der Waals surface area contributed by atoms with E-state index in [1.54, 1.807) is 7.11 Å². The molecule has 0 unspecified atom stereocenters. The van der Waals surface area contributed by atoms with E-state index in [1.807, 2.05) is 51.0 Å². The van der Waals surface area contributed by atoms with Crippen LogP contribution in [0.25, 0.3) is 0 Å². The van der Waals surface area contributed by atoms with Crippen LogP contribution in [-0.2, 0) is 6.42 Å². The number of nitrogens with zero attached hydrogens (tertiary/aromatic N) is 3. The Morgan fingerprint density at radius 3 is 2.32 bits per heavy atom. The number of aliphatic imine (C=N–C) groups is 1. The van der Waals surface area contributed by atoms with Crippen LogP contribution in [0, 0.1) is 0 Å². The van der Waals surface area contributed by atoms with Crippen LogP contribution >= 0.6 is 0 Å².